The fourth-order valence-electron chi connectivity index (χ4n) is 2.30. The van der Waals surface area contributed by atoms with Gasteiger partial charge >= 0.3 is 6.09 Å². The van der Waals surface area contributed by atoms with Crippen molar-refractivity contribution in [1.82, 2.24) is 20.3 Å². The van der Waals surface area contributed by atoms with E-state index in [1.54, 1.807) is 6.20 Å². The van der Waals surface area contributed by atoms with Gasteiger partial charge in [-0.25, -0.2) is 14.8 Å². The summed E-state index contributed by atoms with van der Waals surface area (Å²) in [6.07, 6.45) is 4.12. The summed E-state index contributed by atoms with van der Waals surface area (Å²) in [6.45, 7) is 6.88. The van der Waals surface area contributed by atoms with E-state index in [4.69, 9.17) is 16.3 Å². The number of nitrogens with zero attached hydrogens (tertiary/aromatic N) is 3. The van der Waals surface area contributed by atoms with E-state index >= 15 is 0 Å². The van der Waals surface area contributed by atoms with Gasteiger partial charge in [-0.05, 0) is 63.8 Å². The van der Waals surface area contributed by atoms with Gasteiger partial charge < -0.3 is 15.4 Å². The van der Waals surface area contributed by atoms with Crippen molar-refractivity contribution in [3.8, 4) is 11.4 Å². The minimum Gasteiger partial charge on any atom is -0.444 e. The average Bonchev–Trinajstić information content (AvgIpc) is 2.59. The van der Waals surface area contributed by atoms with Crippen LogP contribution >= 0.6 is 11.6 Å². The maximum absolute atomic E-state index is 11.5. The van der Waals surface area contributed by atoms with Crippen molar-refractivity contribution in [3.05, 3.63) is 35.7 Å². The lowest BCUT2D eigenvalue weighted by Gasteiger charge is -2.19. The van der Waals surface area contributed by atoms with E-state index in [0.29, 0.717) is 18.1 Å². The Morgan fingerprint density at radius 3 is 2.59 bits per heavy atom. The van der Waals surface area contributed by atoms with E-state index in [0.717, 1.165) is 31.5 Å². The smallest absolute Gasteiger partial charge is 0.407 e. The lowest BCUT2D eigenvalue weighted by molar-refractivity contribution is 0.0527. The molecule has 0 radical (unpaired) electrons. The predicted octanol–water partition coefficient (Wildman–Crippen LogP) is 4.30. The minimum atomic E-state index is -0.471. The Hall–Kier alpha value is -2.41. The molecule has 7 nitrogen and oxygen atoms in total. The molecule has 0 aliphatic rings. The van der Waals surface area contributed by atoms with Crippen LogP contribution in [0.2, 0.25) is 5.28 Å². The summed E-state index contributed by atoms with van der Waals surface area (Å²) in [5, 5.41) is 6.19. The van der Waals surface area contributed by atoms with Crippen molar-refractivity contribution in [2.45, 2.75) is 45.6 Å². The third kappa shape index (κ3) is 8.21. The van der Waals surface area contributed by atoms with Crippen LogP contribution in [0.3, 0.4) is 0 Å². The molecule has 0 aromatic carbocycles. The second kappa shape index (κ2) is 10.1. The Bertz CT molecular complexity index is 735. The fraction of sp³-hybridized carbons (Fsp3) is 0.474. The zero-order valence-electron chi connectivity index (χ0n) is 16.0. The molecule has 0 unspecified atom stereocenters. The van der Waals surface area contributed by atoms with Gasteiger partial charge in [0.25, 0.3) is 0 Å². The van der Waals surface area contributed by atoms with Crippen LogP contribution in [0.5, 0.6) is 0 Å². The topological polar surface area (TPSA) is 89.0 Å². The summed E-state index contributed by atoms with van der Waals surface area (Å²) in [4.78, 5) is 24.2. The van der Waals surface area contributed by atoms with Gasteiger partial charge in [0, 0.05) is 25.4 Å². The molecule has 2 heterocycles. The number of pyridine rings is 1. The van der Waals surface area contributed by atoms with Crippen LogP contribution < -0.4 is 10.6 Å². The number of rotatable bonds is 8. The molecule has 0 aliphatic carbocycles. The van der Waals surface area contributed by atoms with E-state index < -0.39 is 5.60 Å². The SMILES string of the molecule is CC(C)(C)OC(=O)NCCCCCNc1cc(-c2ccccn2)nc(Cl)n1. The number of halogens is 1. The number of hydrogen-bond acceptors (Lipinski definition) is 6. The van der Waals surface area contributed by atoms with Crippen LogP contribution in [0.15, 0.2) is 30.5 Å². The Labute approximate surface area is 164 Å². The molecule has 0 spiro atoms. The highest BCUT2D eigenvalue weighted by Gasteiger charge is 2.15. The van der Waals surface area contributed by atoms with E-state index in [1.165, 1.54) is 0 Å². The van der Waals surface area contributed by atoms with E-state index in [2.05, 4.69) is 25.6 Å². The van der Waals surface area contributed by atoms with Crippen molar-refractivity contribution in [2.75, 3.05) is 18.4 Å². The third-order valence-electron chi connectivity index (χ3n) is 3.45. The summed E-state index contributed by atoms with van der Waals surface area (Å²) >= 11 is 6.01. The lowest BCUT2D eigenvalue weighted by Crippen LogP contribution is -2.33. The summed E-state index contributed by atoms with van der Waals surface area (Å²) in [5.74, 6) is 0.669. The highest BCUT2D eigenvalue weighted by molar-refractivity contribution is 6.28. The maximum atomic E-state index is 11.5. The molecule has 0 aliphatic heterocycles. The summed E-state index contributed by atoms with van der Waals surface area (Å²) < 4.78 is 5.19. The van der Waals surface area contributed by atoms with Gasteiger partial charge in [0.2, 0.25) is 5.28 Å². The van der Waals surface area contributed by atoms with Gasteiger partial charge in [0.15, 0.2) is 0 Å². The lowest BCUT2D eigenvalue weighted by atomic mass is 10.2. The summed E-state index contributed by atoms with van der Waals surface area (Å²) in [5.41, 5.74) is 0.957. The van der Waals surface area contributed by atoms with Crippen LogP contribution in [-0.2, 0) is 4.74 Å². The number of amides is 1. The van der Waals surface area contributed by atoms with Crippen molar-refractivity contribution in [3.63, 3.8) is 0 Å². The number of unbranched alkanes of at least 4 members (excludes halogenated alkanes) is 2. The van der Waals surface area contributed by atoms with Crippen molar-refractivity contribution in [2.24, 2.45) is 0 Å². The largest absolute Gasteiger partial charge is 0.444 e. The van der Waals surface area contributed by atoms with Crippen LogP contribution in [0.4, 0.5) is 10.6 Å². The molecule has 0 atom stereocenters. The first kappa shape index (κ1) is 20.9. The minimum absolute atomic E-state index is 0.183. The normalized spacial score (nSPS) is 11.1. The summed E-state index contributed by atoms with van der Waals surface area (Å²) in [7, 11) is 0. The van der Waals surface area contributed by atoms with Crippen LogP contribution in [0.1, 0.15) is 40.0 Å². The molecule has 2 aromatic heterocycles. The van der Waals surface area contributed by atoms with Gasteiger partial charge in [-0.3, -0.25) is 4.98 Å². The highest BCUT2D eigenvalue weighted by Crippen LogP contribution is 2.19. The molecule has 0 fully saturated rings. The second-order valence-corrected chi connectivity index (χ2v) is 7.38. The molecule has 27 heavy (non-hydrogen) atoms. The molecule has 0 bridgehead atoms. The Balaban J connectivity index is 1.69. The van der Waals surface area contributed by atoms with Gasteiger partial charge in [-0.1, -0.05) is 6.07 Å². The van der Waals surface area contributed by atoms with Gasteiger partial charge in [-0.15, -0.1) is 0 Å². The van der Waals surface area contributed by atoms with Crippen molar-refractivity contribution < 1.29 is 9.53 Å². The first-order valence-corrected chi connectivity index (χ1v) is 9.38. The van der Waals surface area contributed by atoms with Crippen LogP contribution in [0, 0.1) is 0 Å². The predicted molar refractivity (Wildman–Crippen MR) is 107 cm³/mol. The first-order chi connectivity index (χ1) is 12.8. The number of hydrogen-bond donors (Lipinski definition) is 2. The number of alkyl carbamates (subject to hydrolysis) is 1. The van der Waals surface area contributed by atoms with Crippen molar-refractivity contribution >= 4 is 23.5 Å². The Morgan fingerprint density at radius 2 is 1.89 bits per heavy atom. The molecular weight excluding hydrogens is 366 g/mol. The average molecular weight is 392 g/mol. The molecular formula is C19H26ClN5O2. The fourth-order valence-corrected chi connectivity index (χ4v) is 2.48. The molecule has 8 heteroatoms. The molecule has 2 N–H and O–H groups in total. The van der Waals surface area contributed by atoms with Gasteiger partial charge in [-0.2, -0.15) is 0 Å². The number of nitrogens with one attached hydrogen (secondary N) is 2. The van der Waals surface area contributed by atoms with E-state index in [-0.39, 0.29) is 11.4 Å². The molecule has 2 rings (SSSR count). The monoisotopic (exact) mass is 391 g/mol. The van der Waals surface area contributed by atoms with Crippen molar-refractivity contribution in [1.29, 1.82) is 0 Å². The van der Waals surface area contributed by atoms with Crippen LogP contribution in [-0.4, -0.2) is 39.7 Å². The number of anilines is 1. The second-order valence-electron chi connectivity index (χ2n) is 7.04. The quantitative estimate of drug-likeness (QED) is 0.515. The molecule has 2 aromatic rings. The number of carbonyl (C=O) groups is 1. The molecule has 0 saturated heterocycles. The molecule has 146 valence electrons. The van der Waals surface area contributed by atoms with Crippen LogP contribution in [0.25, 0.3) is 11.4 Å². The number of ether oxygens (including phenoxy) is 1. The number of carbonyl (C=O) groups excluding carboxylic acids is 1. The summed E-state index contributed by atoms with van der Waals surface area (Å²) in [6, 6.07) is 7.46. The Morgan fingerprint density at radius 1 is 1.11 bits per heavy atom. The standard InChI is InChI=1S/C19H26ClN5O2/c1-19(2,3)27-18(26)23-12-7-4-6-11-22-16-13-15(24-17(20)25-16)14-9-5-8-10-21-14/h5,8-10,13H,4,6-7,11-12H2,1-3H3,(H,23,26)(H,22,24,25). The zero-order valence-corrected chi connectivity index (χ0v) is 16.7. The molecule has 1 amide bonds. The Kier molecular flexibility index (Phi) is 7.79. The van der Waals surface area contributed by atoms with Gasteiger partial charge in [0.1, 0.15) is 11.4 Å². The third-order valence-corrected chi connectivity index (χ3v) is 3.62. The zero-order chi connectivity index (χ0) is 19.7. The first-order valence-electron chi connectivity index (χ1n) is 9.00. The number of aromatic nitrogens is 3. The maximum Gasteiger partial charge on any atom is 0.407 e. The molecule has 0 saturated carbocycles. The highest BCUT2D eigenvalue weighted by atomic mass is 35.5. The van der Waals surface area contributed by atoms with Gasteiger partial charge in [0.05, 0.1) is 11.4 Å². The van der Waals surface area contributed by atoms with E-state index in [1.807, 2.05) is 45.0 Å². The van der Waals surface area contributed by atoms with E-state index in [9.17, 15) is 4.79 Å².